The van der Waals surface area contributed by atoms with E-state index in [1.54, 1.807) is 13.4 Å². The van der Waals surface area contributed by atoms with Crippen molar-refractivity contribution in [1.29, 1.82) is 0 Å². The lowest BCUT2D eigenvalue weighted by atomic mass is 10.2. The van der Waals surface area contributed by atoms with Crippen LogP contribution in [0.5, 0.6) is 0 Å². The predicted molar refractivity (Wildman–Crippen MR) is 43.6 cm³/mol. The van der Waals surface area contributed by atoms with Gasteiger partial charge in [-0.15, -0.1) is 0 Å². The third-order valence-electron chi connectivity index (χ3n) is 2.35. The molecule has 2 saturated heterocycles. The molecule has 0 unspecified atom stereocenters. The summed E-state index contributed by atoms with van der Waals surface area (Å²) in [5.41, 5.74) is 1.21. The molecule has 0 aromatic rings. The van der Waals surface area contributed by atoms with Gasteiger partial charge < -0.3 is 15.0 Å². The first kappa shape index (κ1) is 7.46. The molecule has 0 aromatic heterocycles. The fraction of sp³-hybridized carbons (Fsp3) is 0.625. The molecule has 2 rings (SSSR count). The van der Waals surface area contributed by atoms with Crippen molar-refractivity contribution in [3.8, 4) is 0 Å². The molecule has 0 radical (unpaired) electrons. The molecule has 4 nitrogen and oxygen atoms in total. The number of methoxy groups -OCH3 is 1. The van der Waals surface area contributed by atoms with Gasteiger partial charge in [0.1, 0.15) is 0 Å². The van der Waals surface area contributed by atoms with Crippen LogP contribution in [0, 0.1) is 0 Å². The zero-order valence-electron chi connectivity index (χ0n) is 7.04. The van der Waals surface area contributed by atoms with Crippen molar-refractivity contribution >= 4 is 6.03 Å². The fourth-order valence-corrected chi connectivity index (χ4v) is 1.80. The molecule has 2 amide bonds. The highest BCUT2D eigenvalue weighted by Crippen LogP contribution is 2.24. The van der Waals surface area contributed by atoms with Gasteiger partial charge in [-0.25, -0.2) is 4.79 Å². The van der Waals surface area contributed by atoms with E-state index in [1.807, 2.05) is 4.90 Å². The van der Waals surface area contributed by atoms with Crippen LogP contribution in [0.3, 0.4) is 0 Å². The number of hydrogen-bond donors (Lipinski definition) is 1. The molecule has 2 fully saturated rings. The first-order chi connectivity index (χ1) is 5.81. The maximum absolute atomic E-state index is 11.2. The van der Waals surface area contributed by atoms with Crippen molar-refractivity contribution in [2.45, 2.75) is 12.5 Å². The lowest BCUT2D eigenvalue weighted by Crippen LogP contribution is -2.28. The monoisotopic (exact) mass is 168 g/mol. The normalized spacial score (nSPS) is 30.8. The molecule has 0 spiro atoms. The van der Waals surface area contributed by atoms with Gasteiger partial charge in [-0.3, -0.25) is 0 Å². The highest BCUT2D eigenvalue weighted by molar-refractivity contribution is 5.78. The minimum atomic E-state index is 0.0551. The zero-order valence-corrected chi connectivity index (χ0v) is 7.04. The van der Waals surface area contributed by atoms with E-state index in [0.717, 1.165) is 19.5 Å². The Balaban J connectivity index is 2.07. The number of rotatable bonds is 1. The third kappa shape index (κ3) is 1.03. The van der Waals surface area contributed by atoms with Gasteiger partial charge in [0.25, 0.3) is 0 Å². The number of urea groups is 1. The minimum absolute atomic E-state index is 0.0551. The van der Waals surface area contributed by atoms with Crippen molar-refractivity contribution in [1.82, 2.24) is 10.2 Å². The molecule has 66 valence electrons. The smallest absolute Gasteiger partial charge is 0.318 e. The Morgan fingerprint density at radius 1 is 1.75 bits per heavy atom. The van der Waals surface area contributed by atoms with E-state index in [-0.39, 0.29) is 6.03 Å². The molecule has 4 heteroatoms. The molecular formula is C8H12N2O2. The second-order valence-electron chi connectivity index (χ2n) is 3.18. The summed E-state index contributed by atoms with van der Waals surface area (Å²) in [6, 6.07) is 0.415. The predicted octanol–water partition coefficient (Wildman–Crippen LogP) is 0.314. The molecule has 0 bridgehead atoms. The molecule has 12 heavy (non-hydrogen) atoms. The molecule has 1 N–H and O–H groups in total. The van der Waals surface area contributed by atoms with Crippen molar-refractivity contribution in [2.24, 2.45) is 0 Å². The van der Waals surface area contributed by atoms with Crippen LogP contribution in [0.1, 0.15) is 6.42 Å². The molecule has 0 aliphatic carbocycles. The summed E-state index contributed by atoms with van der Waals surface area (Å²) in [7, 11) is 1.64. The highest BCUT2D eigenvalue weighted by atomic mass is 16.5. The molecule has 2 heterocycles. The van der Waals surface area contributed by atoms with Crippen LogP contribution in [-0.4, -0.2) is 37.2 Å². The quantitative estimate of drug-likeness (QED) is 0.573. The van der Waals surface area contributed by atoms with E-state index < -0.39 is 0 Å². The SMILES string of the molecule is CO/C=C1/C[C@H]2CNC(=O)N2C1. The standard InChI is InChI=1S/C8H12N2O2/c1-12-5-6-2-7-3-9-8(11)10(7)4-6/h5,7H,2-4H2,1H3,(H,9,11)/b6-5-/t7-/m0/s1. The number of fused-ring (bicyclic) bond motifs is 1. The summed E-state index contributed by atoms with van der Waals surface area (Å²) in [5, 5.41) is 2.80. The van der Waals surface area contributed by atoms with Crippen molar-refractivity contribution in [3.63, 3.8) is 0 Å². The molecular weight excluding hydrogens is 156 g/mol. The summed E-state index contributed by atoms with van der Waals surface area (Å²) in [6.07, 6.45) is 2.69. The number of nitrogens with one attached hydrogen (secondary N) is 1. The van der Waals surface area contributed by atoms with Crippen LogP contribution in [0.25, 0.3) is 0 Å². The average Bonchev–Trinajstić information content (AvgIpc) is 2.55. The fourth-order valence-electron chi connectivity index (χ4n) is 1.80. The Labute approximate surface area is 71.2 Å². The number of amides is 2. The number of carbonyl (C=O) groups is 1. The van der Waals surface area contributed by atoms with Crippen LogP contribution in [0.4, 0.5) is 4.79 Å². The van der Waals surface area contributed by atoms with Crippen LogP contribution in [0.15, 0.2) is 11.8 Å². The third-order valence-corrected chi connectivity index (χ3v) is 2.35. The molecule has 2 aliphatic heterocycles. The van der Waals surface area contributed by atoms with Crippen molar-refractivity contribution < 1.29 is 9.53 Å². The van der Waals surface area contributed by atoms with Gasteiger partial charge in [-0.1, -0.05) is 0 Å². The number of hydrogen-bond acceptors (Lipinski definition) is 2. The van der Waals surface area contributed by atoms with E-state index in [4.69, 9.17) is 4.74 Å². The summed E-state index contributed by atoms with van der Waals surface area (Å²) in [6.45, 7) is 1.50. The van der Waals surface area contributed by atoms with Crippen LogP contribution < -0.4 is 5.32 Å². The number of ether oxygens (including phenoxy) is 1. The second-order valence-corrected chi connectivity index (χ2v) is 3.18. The zero-order chi connectivity index (χ0) is 8.55. The maximum Gasteiger partial charge on any atom is 0.318 e. The second kappa shape index (κ2) is 2.69. The van der Waals surface area contributed by atoms with Crippen LogP contribution in [-0.2, 0) is 4.74 Å². The Bertz CT molecular complexity index is 237. The average molecular weight is 168 g/mol. The van der Waals surface area contributed by atoms with E-state index >= 15 is 0 Å². The number of nitrogens with zero attached hydrogens (tertiary/aromatic N) is 1. The maximum atomic E-state index is 11.2. The molecule has 0 aromatic carbocycles. The molecule has 2 aliphatic rings. The van der Waals surface area contributed by atoms with Crippen LogP contribution in [0.2, 0.25) is 0 Å². The Morgan fingerprint density at radius 2 is 2.58 bits per heavy atom. The largest absolute Gasteiger partial charge is 0.504 e. The number of carbonyl (C=O) groups excluding carboxylic acids is 1. The first-order valence-electron chi connectivity index (χ1n) is 4.06. The lowest BCUT2D eigenvalue weighted by molar-refractivity contribution is 0.217. The highest BCUT2D eigenvalue weighted by Gasteiger charge is 2.36. The van der Waals surface area contributed by atoms with E-state index in [2.05, 4.69) is 5.32 Å². The summed E-state index contributed by atoms with van der Waals surface area (Å²) < 4.78 is 4.91. The summed E-state index contributed by atoms with van der Waals surface area (Å²) in [5.74, 6) is 0. The minimum Gasteiger partial charge on any atom is -0.504 e. The van der Waals surface area contributed by atoms with Gasteiger partial charge in [-0.2, -0.15) is 0 Å². The Morgan fingerprint density at radius 3 is 3.25 bits per heavy atom. The Kier molecular flexibility index (Phi) is 1.67. The van der Waals surface area contributed by atoms with Crippen molar-refractivity contribution in [2.75, 3.05) is 20.2 Å². The van der Waals surface area contributed by atoms with Gasteiger partial charge in [0, 0.05) is 13.1 Å². The summed E-state index contributed by atoms with van der Waals surface area (Å²) >= 11 is 0. The molecule has 1 atom stereocenters. The summed E-state index contributed by atoms with van der Waals surface area (Å²) in [4.78, 5) is 13.0. The Hall–Kier alpha value is -1.19. The van der Waals surface area contributed by atoms with Gasteiger partial charge in [0.15, 0.2) is 0 Å². The van der Waals surface area contributed by atoms with Gasteiger partial charge in [-0.05, 0) is 12.0 Å². The van der Waals surface area contributed by atoms with Gasteiger partial charge in [0.05, 0.1) is 19.4 Å². The molecule has 0 saturated carbocycles. The van der Waals surface area contributed by atoms with Gasteiger partial charge >= 0.3 is 6.03 Å². The van der Waals surface area contributed by atoms with Crippen LogP contribution >= 0.6 is 0 Å². The topological polar surface area (TPSA) is 41.6 Å². The van der Waals surface area contributed by atoms with E-state index in [0.29, 0.717) is 6.04 Å². The lowest BCUT2D eigenvalue weighted by Gasteiger charge is -2.10. The van der Waals surface area contributed by atoms with E-state index in [1.165, 1.54) is 5.57 Å². The van der Waals surface area contributed by atoms with E-state index in [9.17, 15) is 4.79 Å². The first-order valence-corrected chi connectivity index (χ1v) is 4.06. The van der Waals surface area contributed by atoms with Gasteiger partial charge in [0.2, 0.25) is 0 Å². The van der Waals surface area contributed by atoms with Crippen molar-refractivity contribution in [3.05, 3.63) is 11.8 Å².